The Balaban J connectivity index is 1.42. The molecule has 0 saturated heterocycles. The molecule has 0 N–H and O–H groups in total. The molecule has 4 nitrogen and oxygen atoms in total. The molecule has 0 radical (unpaired) electrons. The average Bonchev–Trinajstić information content (AvgIpc) is 3.69. The summed E-state index contributed by atoms with van der Waals surface area (Å²) >= 11 is 4.66. The van der Waals surface area contributed by atoms with Gasteiger partial charge in [-0.15, -0.1) is 22.7 Å². The number of nitrogens with zero attached hydrogens (tertiary/aromatic N) is 2. The average molecular weight is 551 g/mol. The summed E-state index contributed by atoms with van der Waals surface area (Å²) in [6.07, 6.45) is 13.7. The zero-order valence-corrected chi connectivity index (χ0v) is 23.9. The topological polar surface area (TPSA) is 63.0 Å². The Morgan fingerprint density at radius 1 is 1.08 bits per heavy atom. The van der Waals surface area contributed by atoms with Crippen molar-refractivity contribution in [2.45, 2.75) is 76.2 Å². The van der Waals surface area contributed by atoms with E-state index in [1.54, 1.807) is 22.7 Å². The van der Waals surface area contributed by atoms with Crippen LogP contribution in [0.25, 0.3) is 22.1 Å². The van der Waals surface area contributed by atoms with E-state index in [-0.39, 0.29) is 11.7 Å². The molecule has 0 unspecified atom stereocenters. The second-order valence-electron chi connectivity index (χ2n) is 9.25. The molecule has 0 spiro atoms. The number of allylic oxidation sites excluding steroid dienone is 1. The van der Waals surface area contributed by atoms with E-state index in [1.165, 1.54) is 60.7 Å². The van der Waals surface area contributed by atoms with E-state index in [0.29, 0.717) is 17.2 Å². The summed E-state index contributed by atoms with van der Waals surface area (Å²) in [6.45, 7) is 2.70. The van der Waals surface area contributed by atoms with Crippen LogP contribution in [0.15, 0.2) is 40.1 Å². The summed E-state index contributed by atoms with van der Waals surface area (Å²) in [5, 5.41) is 14.9. The molecule has 1 aliphatic rings. The zero-order chi connectivity index (χ0) is 25.9. The van der Waals surface area contributed by atoms with E-state index >= 15 is 0 Å². The van der Waals surface area contributed by atoms with Crippen molar-refractivity contribution < 1.29 is 9.53 Å². The maximum Gasteiger partial charge on any atom is 0.316 e. The van der Waals surface area contributed by atoms with Crippen molar-refractivity contribution >= 4 is 52.1 Å². The molecular weight excluding hydrogens is 517 g/mol. The number of thiophene rings is 2. The van der Waals surface area contributed by atoms with Gasteiger partial charge in [-0.2, -0.15) is 5.26 Å². The van der Waals surface area contributed by atoms with Crippen molar-refractivity contribution in [2.75, 3.05) is 12.4 Å². The normalized spacial score (nSPS) is 13.6. The van der Waals surface area contributed by atoms with Gasteiger partial charge in [0.15, 0.2) is 0 Å². The van der Waals surface area contributed by atoms with Crippen LogP contribution in [0.4, 0.5) is 0 Å². The van der Waals surface area contributed by atoms with Crippen LogP contribution in [0.1, 0.15) is 86.4 Å². The van der Waals surface area contributed by atoms with E-state index in [4.69, 9.17) is 9.72 Å². The van der Waals surface area contributed by atoms with Crippen LogP contribution >= 0.6 is 34.4 Å². The van der Waals surface area contributed by atoms with E-state index in [9.17, 15) is 10.1 Å². The Hall–Kier alpha value is -2.40. The van der Waals surface area contributed by atoms with Crippen molar-refractivity contribution in [3.8, 4) is 16.5 Å². The van der Waals surface area contributed by atoms with Gasteiger partial charge in [-0.05, 0) is 59.4 Å². The Kier molecular flexibility index (Phi) is 10.8. The number of unbranched alkanes of at least 4 members (excludes halogenated alkanes) is 7. The molecule has 4 rings (SSSR count). The van der Waals surface area contributed by atoms with E-state index in [0.717, 1.165) is 47.4 Å². The molecule has 0 aliphatic heterocycles. The number of carbonyl (C=O) groups is 1. The van der Waals surface area contributed by atoms with Crippen LogP contribution in [0.2, 0.25) is 0 Å². The SMILES string of the molecule is CCCCCCCCCCOC(=O)CSc1nc2c(c(-c3cccs3)c1C#N)CC/C2=C\c1cccs1. The minimum absolute atomic E-state index is 0.158. The molecule has 0 atom stereocenters. The molecule has 0 bridgehead atoms. The smallest absolute Gasteiger partial charge is 0.316 e. The molecular formula is C30H34N2O2S3. The molecule has 3 aromatic rings. The van der Waals surface area contributed by atoms with Crippen LogP contribution in [-0.4, -0.2) is 23.3 Å². The van der Waals surface area contributed by atoms with Gasteiger partial charge in [0, 0.05) is 15.3 Å². The lowest BCUT2D eigenvalue weighted by Crippen LogP contribution is -2.09. The van der Waals surface area contributed by atoms with Crippen LogP contribution in [0.3, 0.4) is 0 Å². The van der Waals surface area contributed by atoms with E-state index < -0.39 is 0 Å². The van der Waals surface area contributed by atoms with E-state index in [1.807, 2.05) is 11.4 Å². The predicted molar refractivity (Wildman–Crippen MR) is 157 cm³/mol. The maximum atomic E-state index is 12.5. The first-order valence-corrected chi connectivity index (χ1v) is 16.0. The number of carbonyl (C=O) groups excluding carboxylic acids is 1. The Morgan fingerprint density at radius 2 is 1.84 bits per heavy atom. The summed E-state index contributed by atoms with van der Waals surface area (Å²) in [5.74, 6) is -0.0862. The second-order valence-corrected chi connectivity index (χ2v) is 12.1. The molecule has 0 amide bonds. The number of ether oxygens (including phenoxy) is 1. The number of fused-ring (bicyclic) bond motifs is 1. The van der Waals surface area contributed by atoms with Crippen LogP contribution in [0.5, 0.6) is 0 Å². The predicted octanol–water partition coefficient (Wildman–Crippen LogP) is 9.01. The lowest BCUT2D eigenvalue weighted by Gasteiger charge is -2.13. The van der Waals surface area contributed by atoms with Crippen molar-refractivity contribution in [3.63, 3.8) is 0 Å². The van der Waals surface area contributed by atoms with Crippen molar-refractivity contribution in [1.29, 1.82) is 5.26 Å². The molecule has 0 saturated carbocycles. The third-order valence-corrected chi connectivity index (χ3v) is 9.20. The summed E-state index contributed by atoms with van der Waals surface area (Å²) in [4.78, 5) is 19.7. The summed E-state index contributed by atoms with van der Waals surface area (Å²) in [6, 6.07) is 10.6. The summed E-state index contributed by atoms with van der Waals surface area (Å²) < 4.78 is 5.49. The van der Waals surface area contributed by atoms with Gasteiger partial charge in [0.25, 0.3) is 0 Å². The number of aromatic nitrogens is 1. The molecule has 1 aliphatic carbocycles. The molecule has 37 heavy (non-hydrogen) atoms. The first-order valence-electron chi connectivity index (χ1n) is 13.2. The summed E-state index contributed by atoms with van der Waals surface area (Å²) in [7, 11) is 0. The first-order chi connectivity index (χ1) is 18.2. The van der Waals surface area contributed by atoms with Gasteiger partial charge in [0.1, 0.15) is 11.1 Å². The first kappa shape index (κ1) is 27.6. The molecule has 3 heterocycles. The fourth-order valence-corrected chi connectivity index (χ4v) is 6.94. The summed E-state index contributed by atoms with van der Waals surface area (Å²) in [5.41, 5.74) is 4.85. The number of esters is 1. The van der Waals surface area contributed by atoms with Gasteiger partial charge >= 0.3 is 5.97 Å². The van der Waals surface area contributed by atoms with Crippen LogP contribution < -0.4 is 0 Å². The maximum absolute atomic E-state index is 12.5. The minimum Gasteiger partial charge on any atom is -0.465 e. The fraction of sp³-hybridized carbons (Fsp3) is 0.433. The quantitative estimate of drug-likeness (QED) is 0.114. The van der Waals surface area contributed by atoms with Gasteiger partial charge in [-0.25, -0.2) is 4.98 Å². The third kappa shape index (κ3) is 7.56. The third-order valence-electron chi connectivity index (χ3n) is 6.54. The standard InChI is InChI=1S/C30H34N2O2S3/c1-2-3-4-5-6-7-8-9-16-34-27(33)21-37-30-25(20-31)28(26-13-11-18-36-26)24-15-14-22(29(24)32-30)19-23-12-10-17-35-23/h10-13,17-19H,2-9,14-16,21H2,1H3/b22-19+. The van der Waals surface area contributed by atoms with Gasteiger partial charge in [0.2, 0.25) is 0 Å². The van der Waals surface area contributed by atoms with Crippen molar-refractivity contribution in [1.82, 2.24) is 4.98 Å². The Bertz CT molecular complexity index is 1220. The highest BCUT2D eigenvalue weighted by Crippen LogP contribution is 2.44. The highest BCUT2D eigenvalue weighted by atomic mass is 32.2. The minimum atomic E-state index is -0.244. The highest BCUT2D eigenvalue weighted by Gasteiger charge is 2.28. The van der Waals surface area contributed by atoms with Gasteiger partial charge in [-0.1, -0.05) is 75.8 Å². The number of pyridine rings is 1. The lowest BCUT2D eigenvalue weighted by molar-refractivity contribution is -0.140. The van der Waals surface area contributed by atoms with Crippen molar-refractivity contribution in [3.05, 3.63) is 56.7 Å². The number of hydrogen-bond donors (Lipinski definition) is 0. The Labute approximate surface area is 232 Å². The van der Waals surface area contributed by atoms with E-state index in [2.05, 4.69) is 42.6 Å². The number of hydrogen-bond acceptors (Lipinski definition) is 7. The highest BCUT2D eigenvalue weighted by molar-refractivity contribution is 7.99. The largest absolute Gasteiger partial charge is 0.465 e. The molecule has 0 fully saturated rings. The second kappa shape index (κ2) is 14.5. The van der Waals surface area contributed by atoms with Crippen LogP contribution in [0, 0.1) is 11.3 Å². The number of thioether (sulfide) groups is 1. The lowest BCUT2D eigenvalue weighted by atomic mass is 10.0. The Morgan fingerprint density at radius 3 is 2.54 bits per heavy atom. The fourth-order valence-electron chi connectivity index (χ4n) is 4.67. The molecule has 7 heteroatoms. The monoisotopic (exact) mass is 550 g/mol. The van der Waals surface area contributed by atoms with Gasteiger partial charge in [0.05, 0.1) is 23.6 Å². The number of nitriles is 1. The van der Waals surface area contributed by atoms with Crippen LogP contribution in [-0.2, 0) is 16.0 Å². The van der Waals surface area contributed by atoms with Gasteiger partial charge < -0.3 is 4.74 Å². The number of rotatable bonds is 14. The van der Waals surface area contributed by atoms with Gasteiger partial charge in [-0.3, -0.25) is 4.79 Å². The molecule has 0 aromatic carbocycles. The zero-order valence-electron chi connectivity index (χ0n) is 21.5. The molecule has 3 aromatic heterocycles. The van der Waals surface area contributed by atoms with Crippen molar-refractivity contribution in [2.24, 2.45) is 0 Å². The molecule has 194 valence electrons.